The average Bonchev–Trinajstić information content (AvgIpc) is 3.35. The number of hydrogen-bond acceptors (Lipinski definition) is 7. The van der Waals surface area contributed by atoms with Crippen LogP contribution in [0.25, 0.3) is 0 Å². The van der Waals surface area contributed by atoms with Crippen LogP contribution >= 0.6 is 0 Å². The van der Waals surface area contributed by atoms with Crippen molar-refractivity contribution in [1.29, 1.82) is 0 Å². The van der Waals surface area contributed by atoms with E-state index in [0.717, 1.165) is 22.3 Å². The van der Waals surface area contributed by atoms with E-state index >= 15 is 0 Å². The second-order valence-electron chi connectivity index (χ2n) is 14.7. The van der Waals surface area contributed by atoms with Gasteiger partial charge in [-0.2, -0.15) is 0 Å². The standard InChI is InChI=1S/C38H51N5O4/c1-37(2,3)41-36(47)32-25-43(38(4,5)29-15-11-17-39-23-29)19-18-42(32)24-30(44)21-28(20-26-12-7-6-8-13-26)35(46)40-34-31-16-10-9-14-27(31)22-33(34)45/h6-17,23,28,30,32-34,44-45H,18-22,24-25H2,1-5H3,(H,40,46)(H,41,47)/t28-,30-,32-,33+,34-/m0/s1. The van der Waals surface area contributed by atoms with E-state index in [2.05, 4.69) is 45.3 Å². The molecule has 1 aliphatic carbocycles. The summed E-state index contributed by atoms with van der Waals surface area (Å²) in [7, 11) is 0. The number of β-amino-alcohol motifs (C(OH)–C–C–N with tert-alkyl or cyclic N) is 1. The van der Waals surface area contributed by atoms with Crippen LogP contribution in [0, 0.1) is 5.92 Å². The first-order valence-corrected chi connectivity index (χ1v) is 16.8. The zero-order valence-corrected chi connectivity index (χ0v) is 28.4. The fourth-order valence-electron chi connectivity index (χ4n) is 7.03. The molecule has 0 bridgehead atoms. The highest BCUT2D eigenvalue weighted by molar-refractivity contribution is 5.83. The molecule has 5 rings (SSSR count). The number of hydrogen-bond donors (Lipinski definition) is 4. The lowest BCUT2D eigenvalue weighted by Gasteiger charge is -2.48. The van der Waals surface area contributed by atoms with E-state index in [4.69, 9.17) is 0 Å². The Kier molecular flexibility index (Phi) is 10.8. The van der Waals surface area contributed by atoms with Crippen LogP contribution in [-0.2, 0) is 28.0 Å². The fourth-order valence-corrected chi connectivity index (χ4v) is 7.03. The van der Waals surface area contributed by atoms with E-state index in [1.807, 2.05) is 87.6 Å². The highest BCUT2D eigenvalue weighted by Gasteiger charge is 2.41. The Morgan fingerprint density at radius 3 is 2.40 bits per heavy atom. The van der Waals surface area contributed by atoms with Crippen molar-refractivity contribution in [2.24, 2.45) is 5.92 Å². The number of carbonyl (C=O) groups is 2. The van der Waals surface area contributed by atoms with Crippen LogP contribution in [0.2, 0.25) is 0 Å². The third-order valence-electron chi connectivity index (χ3n) is 9.65. The van der Waals surface area contributed by atoms with Crippen molar-refractivity contribution in [3.8, 4) is 0 Å². The summed E-state index contributed by atoms with van der Waals surface area (Å²) >= 11 is 0. The summed E-state index contributed by atoms with van der Waals surface area (Å²) in [5.41, 5.74) is 3.29. The summed E-state index contributed by atoms with van der Waals surface area (Å²) in [6.07, 6.45) is 3.26. The minimum absolute atomic E-state index is 0.0798. The van der Waals surface area contributed by atoms with Crippen LogP contribution in [0.5, 0.6) is 0 Å². The van der Waals surface area contributed by atoms with Gasteiger partial charge in [-0.15, -0.1) is 0 Å². The number of nitrogens with one attached hydrogen (secondary N) is 2. The van der Waals surface area contributed by atoms with Gasteiger partial charge >= 0.3 is 0 Å². The second-order valence-corrected chi connectivity index (χ2v) is 14.7. The van der Waals surface area contributed by atoms with Gasteiger partial charge in [-0.3, -0.25) is 24.4 Å². The lowest BCUT2D eigenvalue weighted by Crippen LogP contribution is -2.64. The predicted octanol–water partition coefficient (Wildman–Crippen LogP) is 3.60. The van der Waals surface area contributed by atoms with Gasteiger partial charge in [0.1, 0.15) is 6.04 Å². The maximum atomic E-state index is 13.9. The van der Waals surface area contributed by atoms with Gasteiger partial charge in [0.2, 0.25) is 11.8 Å². The van der Waals surface area contributed by atoms with Crippen LogP contribution in [0.15, 0.2) is 79.1 Å². The number of rotatable bonds is 11. The Balaban J connectivity index is 1.32. The molecular weight excluding hydrogens is 590 g/mol. The van der Waals surface area contributed by atoms with Crippen LogP contribution in [-0.4, -0.2) is 86.8 Å². The van der Waals surface area contributed by atoms with E-state index in [1.54, 1.807) is 6.20 Å². The Hall–Kier alpha value is -3.63. The van der Waals surface area contributed by atoms with Crippen molar-refractivity contribution in [2.75, 3.05) is 26.2 Å². The minimum Gasteiger partial charge on any atom is -0.392 e. The maximum Gasteiger partial charge on any atom is 0.239 e. The summed E-state index contributed by atoms with van der Waals surface area (Å²) in [6.45, 7) is 12.3. The molecule has 0 spiro atoms. The lowest BCUT2D eigenvalue weighted by molar-refractivity contribution is -0.133. The van der Waals surface area contributed by atoms with E-state index in [-0.39, 0.29) is 30.3 Å². The number of aliphatic hydroxyl groups is 2. The summed E-state index contributed by atoms with van der Waals surface area (Å²) in [6, 6.07) is 20.6. The fraction of sp³-hybridized carbons (Fsp3) is 0.500. The van der Waals surface area contributed by atoms with Gasteiger partial charge in [0.05, 0.1) is 18.2 Å². The molecule has 3 aromatic rings. The van der Waals surface area contributed by atoms with Crippen LogP contribution in [0.4, 0.5) is 0 Å². The third-order valence-corrected chi connectivity index (χ3v) is 9.65. The summed E-state index contributed by atoms with van der Waals surface area (Å²) in [4.78, 5) is 36.3. The van der Waals surface area contributed by atoms with Crippen molar-refractivity contribution < 1.29 is 19.8 Å². The number of aliphatic hydroxyl groups excluding tert-OH is 2. The molecule has 1 aliphatic heterocycles. The topological polar surface area (TPSA) is 118 Å². The van der Waals surface area contributed by atoms with Crippen molar-refractivity contribution in [1.82, 2.24) is 25.4 Å². The summed E-state index contributed by atoms with van der Waals surface area (Å²) in [5, 5.41) is 28.7. The van der Waals surface area contributed by atoms with E-state index in [0.29, 0.717) is 32.5 Å². The number of nitrogens with zero attached hydrogens (tertiary/aromatic N) is 3. The molecular formula is C38H51N5O4. The normalized spacial score (nSPS) is 21.9. The Morgan fingerprint density at radius 1 is 0.979 bits per heavy atom. The van der Waals surface area contributed by atoms with E-state index in [1.165, 1.54) is 0 Å². The third kappa shape index (κ3) is 8.65. The molecule has 0 radical (unpaired) electrons. The largest absolute Gasteiger partial charge is 0.392 e. The van der Waals surface area contributed by atoms with Gasteiger partial charge in [0.15, 0.2) is 0 Å². The molecule has 9 nitrogen and oxygen atoms in total. The molecule has 0 unspecified atom stereocenters. The number of benzene rings is 2. The molecule has 0 saturated carbocycles. The quantitative estimate of drug-likeness (QED) is 0.253. The number of amides is 2. The number of pyridine rings is 1. The number of piperazine rings is 1. The predicted molar refractivity (Wildman–Crippen MR) is 183 cm³/mol. The molecule has 1 saturated heterocycles. The van der Waals surface area contributed by atoms with Gasteiger partial charge in [-0.1, -0.05) is 60.7 Å². The average molecular weight is 642 g/mol. The van der Waals surface area contributed by atoms with E-state index in [9.17, 15) is 19.8 Å². The van der Waals surface area contributed by atoms with Gasteiger partial charge in [0.25, 0.3) is 0 Å². The smallest absolute Gasteiger partial charge is 0.239 e. The van der Waals surface area contributed by atoms with E-state index < -0.39 is 35.7 Å². The zero-order valence-electron chi connectivity index (χ0n) is 28.4. The van der Waals surface area contributed by atoms with Gasteiger partial charge in [-0.25, -0.2) is 0 Å². The molecule has 1 fully saturated rings. The molecule has 4 N–H and O–H groups in total. The molecule has 2 aromatic carbocycles. The monoisotopic (exact) mass is 641 g/mol. The SMILES string of the molecule is CC(C)(C)NC(=O)[C@@H]1CN(C(C)(C)c2cccnc2)CCN1C[C@@H](O)C[C@H](Cc1ccccc1)C(=O)N[C@H]1c2ccccc2C[C@H]1O. The molecule has 2 heterocycles. The highest BCUT2D eigenvalue weighted by Crippen LogP contribution is 2.33. The Labute approximate surface area is 279 Å². The Morgan fingerprint density at radius 2 is 1.70 bits per heavy atom. The first-order chi connectivity index (χ1) is 22.3. The molecule has 9 heteroatoms. The van der Waals surface area contributed by atoms with Gasteiger partial charge in [-0.05, 0) is 75.8 Å². The maximum absolute atomic E-state index is 13.9. The Bertz CT molecular complexity index is 1490. The summed E-state index contributed by atoms with van der Waals surface area (Å²) in [5.74, 6) is -0.803. The zero-order chi connectivity index (χ0) is 33.8. The number of carbonyl (C=O) groups excluding carboxylic acids is 2. The molecule has 1 aromatic heterocycles. The number of aromatic nitrogens is 1. The van der Waals surface area contributed by atoms with Crippen LogP contribution < -0.4 is 10.6 Å². The van der Waals surface area contributed by atoms with Gasteiger partial charge in [0, 0.05) is 62.0 Å². The van der Waals surface area contributed by atoms with Gasteiger partial charge < -0.3 is 20.8 Å². The first-order valence-electron chi connectivity index (χ1n) is 16.8. The second kappa shape index (κ2) is 14.6. The first kappa shape index (κ1) is 34.7. The van der Waals surface area contributed by atoms with Crippen LogP contribution in [0.3, 0.4) is 0 Å². The van der Waals surface area contributed by atoms with Crippen molar-refractivity contribution in [3.63, 3.8) is 0 Å². The molecule has 2 aliphatic rings. The molecule has 5 atom stereocenters. The molecule has 2 amide bonds. The molecule has 47 heavy (non-hydrogen) atoms. The number of fused-ring (bicyclic) bond motifs is 1. The minimum atomic E-state index is -0.849. The van der Waals surface area contributed by atoms with Crippen molar-refractivity contribution in [3.05, 3.63) is 101 Å². The van der Waals surface area contributed by atoms with Crippen LogP contribution in [0.1, 0.15) is 69.3 Å². The van der Waals surface area contributed by atoms with Crippen molar-refractivity contribution >= 4 is 11.8 Å². The lowest BCUT2D eigenvalue weighted by atomic mass is 9.90. The molecule has 252 valence electrons. The van der Waals surface area contributed by atoms with Crippen molar-refractivity contribution in [2.45, 2.75) is 89.3 Å². The highest BCUT2D eigenvalue weighted by atomic mass is 16.3. The summed E-state index contributed by atoms with van der Waals surface area (Å²) < 4.78 is 0.